The van der Waals surface area contributed by atoms with E-state index in [0.717, 1.165) is 25.7 Å². The molecule has 5 nitrogen and oxygen atoms in total. The Hall–Kier alpha value is -1.39. The molecule has 5 heteroatoms. The first-order valence-electron chi connectivity index (χ1n) is 7.42. The highest BCUT2D eigenvalue weighted by molar-refractivity contribution is 5.67. The largest absolute Gasteiger partial charge is 0.481 e. The Balaban J connectivity index is 2.72. The Bertz CT molecular complexity index is 421. The summed E-state index contributed by atoms with van der Waals surface area (Å²) >= 11 is 0. The molecule has 1 heterocycles. The van der Waals surface area contributed by atoms with Crippen LogP contribution in [0.4, 0.5) is 0 Å². The van der Waals surface area contributed by atoms with Gasteiger partial charge in [0.15, 0.2) is 0 Å². The van der Waals surface area contributed by atoms with E-state index in [4.69, 9.17) is 9.52 Å². The topological polar surface area (TPSA) is 76.2 Å². The van der Waals surface area contributed by atoms with Crippen LogP contribution in [0, 0.1) is 5.41 Å². The second kappa shape index (κ2) is 7.41. The molecule has 0 bridgehead atoms. The lowest BCUT2D eigenvalue weighted by atomic mass is 9.86. The Labute approximate surface area is 120 Å². The summed E-state index contributed by atoms with van der Waals surface area (Å²) in [4.78, 5) is 10.8. The van der Waals surface area contributed by atoms with E-state index in [1.54, 1.807) is 0 Å². The van der Waals surface area contributed by atoms with Crippen molar-refractivity contribution in [3.05, 3.63) is 11.8 Å². The fourth-order valence-corrected chi connectivity index (χ4v) is 2.47. The minimum Gasteiger partial charge on any atom is -0.481 e. The van der Waals surface area contributed by atoms with E-state index in [2.05, 4.69) is 24.0 Å². The van der Waals surface area contributed by atoms with E-state index in [1.807, 2.05) is 13.8 Å². The molecule has 0 amide bonds. The SMILES string of the molecule is CCCC(CCC)c1nnc(CC(C)(C)CC(=O)O)o1. The normalized spacial score (nSPS) is 12.1. The van der Waals surface area contributed by atoms with Crippen LogP contribution in [0.3, 0.4) is 0 Å². The number of aliphatic carboxylic acids is 1. The summed E-state index contributed by atoms with van der Waals surface area (Å²) in [6.07, 6.45) is 4.87. The number of aromatic nitrogens is 2. The first kappa shape index (κ1) is 16.7. The molecular formula is C15H26N2O3. The van der Waals surface area contributed by atoms with Crippen molar-refractivity contribution >= 4 is 5.97 Å². The van der Waals surface area contributed by atoms with Gasteiger partial charge in [-0.05, 0) is 18.3 Å². The molecule has 1 aromatic heterocycles. The van der Waals surface area contributed by atoms with E-state index in [9.17, 15) is 4.79 Å². The molecule has 0 aliphatic carbocycles. The van der Waals surface area contributed by atoms with Crippen molar-refractivity contribution in [3.8, 4) is 0 Å². The quantitative estimate of drug-likeness (QED) is 0.745. The van der Waals surface area contributed by atoms with Gasteiger partial charge in [-0.1, -0.05) is 40.5 Å². The molecule has 0 unspecified atom stereocenters. The third-order valence-electron chi connectivity index (χ3n) is 3.37. The third-order valence-corrected chi connectivity index (χ3v) is 3.37. The maximum atomic E-state index is 10.8. The van der Waals surface area contributed by atoms with Gasteiger partial charge in [-0.15, -0.1) is 10.2 Å². The van der Waals surface area contributed by atoms with Crippen molar-refractivity contribution in [1.29, 1.82) is 0 Å². The van der Waals surface area contributed by atoms with Gasteiger partial charge < -0.3 is 9.52 Å². The van der Waals surface area contributed by atoms with Crippen molar-refractivity contribution in [2.45, 2.75) is 72.1 Å². The lowest BCUT2D eigenvalue weighted by molar-refractivity contribution is -0.139. The zero-order valence-electron chi connectivity index (χ0n) is 13.0. The van der Waals surface area contributed by atoms with E-state index in [0.29, 0.717) is 24.1 Å². The van der Waals surface area contributed by atoms with E-state index < -0.39 is 5.97 Å². The first-order valence-corrected chi connectivity index (χ1v) is 7.42. The van der Waals surface area contributed by atoms with Crippen molar-refractivity contribution in [1.82, 2.24) is 10.2 Å². The van der Waals surface area contributed by atoms with Crippen molar-refractivity contribution in [3.63, 3.8) is 0 Å². The van der Waals surface area contributed by atoms with Crippen LogP contribution in [0.15, 0.2) is 4.42 Å². The average molecular weight is 282 g/mol. The first-order chi connectivity index (χ1) is 9.38. The van der Waals surface area contributed by atoms with Crippen molar-refractivity contribution in [2.24, 2.45) is 5.41 Å². The summed E-state index contributed by atoms with van der Waals surface area (Å²) in [5, 5.41) is 17.1. The summed E-state index contributed by atoms with van der Waals surface area (Å²) in [6.45, 7) is 8.10. The molecule has 0 spiro atoms. The van der Waals surface area contributed by atoms with Crippen LogP contribution in [-0.2, 0) is 11.2 Å². The van der Waals surface area contributed by atoms with Crippen LogP contribution < -0.4 is 0 Å². The zero-order valence-corrected chi connectivity index (χ0v) is 13.0. The van der Waals surface area contributed by atoms with Crippen LogP contribution in [-0.4, -0.2) is 21.3 Å². The predicted octanol–water partition coefficient (Wildman–Crippen LogP) is 3.80. The Morgan fingerprint density at radius 3 is 2.35 bits per heavy atom. The minimum atomic E-state index is -0.801. The number of carboxylic acid groups (broad SMARTS) is 1. The van der Waals surface area contributed by atoms with Crippen LogP contribution in [0.25, 0.3) is 0 Å². The molecule has 0 fully saturated rings. The van der Waals surface area contributed by atoms with Gasteiger partial charge in [-0.25, -0.2) is 0 Å². The minimum absolute atomic E-state index is 0.0953. The summed E-state index contributed by atoms with van der Waals surface area (Å²) < 4.78 is 5.75. The Morgan fingerprint density at radius 2 is 1.85 bits per heavy atom. The second-order valence-electron chi connectivity index (χ2n) is 6.22. The maximum absolute atomic E-state index is 10.8. The van der Waals surface area contributed by atoms with Gasteiger partial charge in [0.1, 0.15) is 0 Å². The average Bonchev–Trinajstić information content (AvgIpc) is 2.74. The molecule has 1 N–H and O–H groups in total. The van der Waals surface area contributed by atoms with Gasteiger partial charge in [0.25, 0.3) is 0 Å². The molecule has 0 aliphatic rings. The van der Waals surface area contributed by atoms with Gasteiger partial charge in [0.2, 0.25) is 11.8 Å². The van der Waals surface area contributed by atoms with Crippen LogP contribution in [0.1, 0.15) is 77.5 Å². The fraction of sp³-hybridized carbons (Fsp3) is 0.800. The molecule has 1 aromatic rings. The number of nitrogens with zero attached hydrogens (tertiary/aromatic N) is 2. The summed E-state index contributed by atoms with van der Waals surface area (Å²) in [5.74, 6) is 0.775. The molecule has 0 saturated carbocycles. The highest BCUT2D eigenvalue weighted by atomic mass is 16.4. The Morgan fingerprint density at radius 1 is 1.25 bits per heavy atom. The number of carbonyl (C=O) groups is 1. The van der Waals surface area contributed by atoms with Crippen molar-refractivity contribution < 1.29 is 14.3 Å². The number of hydrogen-bond donors (Lipinski definition) is 1. The number of carboxylic acids is 1. The van der Waals surface area contributed by atoms with Crippen LogP contribution in [0.5, 0.6) is 0 Å². The molecule has 1 rings (SSSR count). The van der Waals surface area contributed by atoms with E-state index >= 15 is 0 Å². The summed E-state index contributed by atoms with van der Waals surface area (Å²) in [5.41, 5.74) is -0.374. The second-order valence-corrected chi connectivity index (χ2v) is 6.22. The van der Waals surface area contributed by atoms with Gasteiger partial charge in [0, 0.05) is 12.3 Å². The van der Waals surface area contributed by atoms with Crippen LogP contribution in [0.2, 0.25) is 0 Å². The van der Waals surface area contributed by atoms with E-state index in [-0.39, 0.29) is 11.8 Å². The lowest BCUT2D eigenvalue weighted by Gasteiger charge is -2.19. The summed E-state index contributed by atoms with van der Waals surface area (Å²) in [7, 11) is 0. The molecule has 0 aliphatic heterocycles. The highest BCUT2D eigenvalue weighted by Crippen LogP contribution is 2.29. The molecule has 0 aromatic carbocycles. The van der Waals surface area contributed by atoms with Gasteiger partial charge in [-0.3, -0.25) is 4.79 Å². The van der Waals surface area contributed by atoms with Crippen molar-refractivity contribution in [2.75, 3.05) is 0 Å². The Kier molecular flexibility index (Phi) is 6.17. The smallest absolute Gasteiger partial charge is 0.303 e. The highest BCUT2D eigenvalue weighted by Gasteiger charge is 2.26. The standard InChI is InChI=1S/C15H26N2O3/c1-5-7-11(8-6-2)14-17-16-12(20-14)9-15(3,4)10-13(18)19/h11H,5-10H2,1-4H3,(H,18,19). The van der Waals surface area contributed by atoms with Gasteiger partial charge >= 0.3 is 5.97 Å². The van der Waals surface area contributed by atoms with Gasteiger partial charge in [0.05, 0.1) is 6.42 Å². The maximum Gasteiger partial charge on any atom is 0.303 e. The van der Waals surface area contributed by atoms with E-state index in [1.165, 1.54) is 0 Å². The lowest BCUT2D eigenvalue weighted by Crippen LogP contribution is -2.19. The molecule has 114 valence electrons. The summed E-state index contributed by atoms with van der Waals surface area (Å²) in [6, 6.07) is 0. The molecule has 20 heavy (non-hydrogen) atoms. The predicted molar refractivity (Wildman–Crippen MR) is 76.6 cm³/mol. The monoisotopic (exact) mass is 282 g/mol. The fourth-order valence-electron chi connectivity index (χ4n) is 2.47. The molecular weight excluding hydrogens is 256 g/mol. The van der Waals surface area contributed by atoms with Gasteiger partial charge in [-0.2, -0.15) is 0 Å². The number of rotatable bonds is 9. The molecule has 0 saturated heterocycles. The number of hydrogen-bond acceptors (Lipinski definition) is 4. The van der Waals surface area contributed by atoms with Crippen LogP contribution >= 0.6 is 0 Å². The third kappa shape index (κ3) is 5.31. The molecule has 0 radical (unpaired) electrons. The zero-order chi connectivity index (χ0) is 15.2. The molecule has 0 atom stereocenters.